The number of hydrogen-bond acceptors (Lipinski definition) is 2. The summed E-state index contributed by atoms with van der Waals surface area (Å²) in [6.07, 6.45) is 0. The molecule has 2 aromatic carbocycles. The Morgan fingerprint density at radius 3 is 1.29 bits per heavy atom. The Balaban J connectivity index is 2.72. The van der Waals surface area contributed by atoms with Crippen molar-refractivity contribution in [1.82, 2.24) is 0 Å². The SMILES string of the molecule is COC(C)[P+](c1ccccc1)(c1ccccc1)C(C)OC. The van der Waals surface area contributed by atoms with Crippen LogP contribution in [0.4, 0.5) is 0 Å². The van der Waals surface area contributed by atoms with Gasteiger partial charge in [-0.25, -0.2) is 0 Å². The average molecular weight is 303 g/mol. The molecule has 0 bridgehead atoms. The predicted octanol–water partition coefficient (Wildman–Crippen LogP) is 3.64. The van der Waals surface area contributed by atoms with Crippen molar-refractivity contribution in [3.05, 3.63) is 60.7 Å². The van der Waals surface area contributed by atoms with Crippen molar-refractivity contribution in [2.45, 2.75) is 25.5 Å². The Morgan fingerprint density at radius 1 is 0.667 bits per heavy atom. The van der Waals surface area contributed by atoms with Crippen LogP contribution in [-0.2, 0) is 9.47 Å². The summed E-state index contributed by atoms with van der Waals surface area (Å²) >= 11 is 0. The first-order valence-electron chi connectivity index (χ1n) is 7.23. The van der Waals surface area contributed by atoms with Crippen LogP contribution in [0.15, 0.2) is 60.7 Å². The van der Waals surface area contributed by atoms with Crippen LogP contribution in [-0.4, -0.2) is 25.9 Å². The van der Waals surface area contributed by atoms with Gasteiger partial charge in [0.05, 0.1) is 0 Å². The van der Waals surface area contributed by atoms with Gasteiger partial charge in [0.2, 0.25) is 0 Å². The zero-order valence-corrected chi connectivity index (χ0v) is 14.1. The van der Waals surface area contributed by atoms with Gasteiger partial charge in [-0.1, -0.05) is 36.4 Å². The van der Waals surface area contributed by atoms with E-state index in [4.69, 9.17) is 9.47 Å². The monoisotopic (exact) mass is 303 g/mol. The third-order valence-electron chi connectivity index (χ3n) is 4.20. The highest BCUT2D eigenvalue weighted by Gasteiger charge is 2.53. The predicted molar refractivity (Wildman–Crippen MR) is 92.0 cm³/mol. The molecule has 0 spiro atoms. The Hall–Kier alpha value is -1.21. The number of methoxy groups -OCH3 is 2. The highest BCUT2D eigenvalue weighted by Crippen LogP contribution is 2.64. The topological polar surface area (TPSA) is 18.5 Å². The van der Waals surface area contributed by atoms with Crippen molar-refractivity contribution in [2.24, 2.45) is 0 Å². The van der Waals surface area contributed by atoms with Crippen LogP contribution >= 0.6 is 7.26 Å². The molecule has 0 saturated heterocycles. The molecule has 0 radical (unpaired) electrons. The van der Waals surface area contributed by atoms with Gasteiger partial charge in [-0.2, -0.15) is 0 Å². The van der Waals surface area contributed by atoms with Crippen LogP contribution in [0.1, 0.15) is 13.8 Å². The van der Waals surface area contributed by atoms with E-state index in [9.17, 15) is 0 Å². The molecule has 2 aromatic rings. The summed E-state index contributed by atoms with van der Waals surface area (Å²) < 4.78 is 11.6. The van der Waals surface area contributed by atoms with Gasteiger partial charge >= 0.3 is 0 Å². The molecule has 2 nitrogen and oxygen atoms in total. The maximum absolute atomic E-state index is 5.82. The normalized spacial score (nSPS) is 14.7. The fraction of sp³-hybridized carbons (Fsp3) is 0.333. The van der Waals surface area contributed by atoms with Gasteiger partial charge in [0.15, 0.2) is 11.7 Å². The highest BCUT2D eigenvalue weighted by molar-refractivity contribution is 7.90. The number of ether oxygens (including phenoxy) is 2. The molecule has 2 atom stereocenters. The first kappa shape index (κ1) is 16.2. The van der Waals surface area contributed by atoms with Crippen molar-refractivity contribution < 1.29 is 9.47 Å². The summed E-state index contributed by atoms with van der Waals surface area (Å²) in [6, 6.07) is 21.3. The van der Waals surface area contributed by atoms with Crippen molar-refractivity contribution >= 4 is 17.9 Å². The Kier molecular flexibility index (Phi) is 5.52. The molecule has 2 unspecified atom stereocenters. The second kappa shape index (κ2) is 7.17. The summed E-state index contributed by atoms with van der Waals surface area (Å²) in [7, 11) is 1.74. The molecule has 21 heavy (non-hydrogen) atoms. The Morgan fingerprint density at radius 2 is 1.00 bits per heavy atom. The van der Waals surface area contributed by atoms with E-state index in [1.54, 1.807) is 14.2 Å². The molecular weight excluding hydrogens is 279 g/mol. The van der Waals surface area contributed by atoms with Gasteiger partial charge in [-0.05, 0) is 38.1 Å². The van der Waals surface area contributed by atoms with E-state index in [0.717, 1.165) is 0 Å². The smallest absolute Gasteiger partial charge is 0.175 e. The summed E-state index contributed by atoms with van der Waals surface area (Å²) in [5, 5.41) is 2.64. The van der Waals surface area contributed by atoms with Gasteiger partial charge in [0.25, 0.3) is 0 Å². The molecule has 0 aliphatic carbocycles. The van der Waals surface area contributed by atoms with E-state index in [1.165, 1.54) is 10.6 Å². The number of hydrogen-bond donors (Lipinski definition) is 0. The van der Waals surface area contributed by atoms with E-state index in [1.807, 2.05) is 0 Å². The number of rotatable bonds is 6. The molecule has 0 heterocycles. The van der Waals surface area contributed by atoms with E-state index in [0.29, 0.717) is 0 Å². The summed E-state index contributed by atoms with van der Waals surface area (Å²) in [5.74, 6) is 0.189. The van der Waals surface area contributed by atoms with Gasteiger partial charge in [-0.3, -0.25) is 0 Å². The lowest BCUT2D eigenvalue weighted by Crippen LogP contribution is -2.38. The van der Waals surface area contributed by atoms with Crippen molar-refractivity contribution in [1.29, 1.82) is 0 Å². The third-order valence-corrected chi connectivity index (χ3v) is 9.22. The second-order valence-electron chi connectivity index (χ2n) is 5.12. The largest absolute Gasteiger partial charge is 0.346 e. The zero-order chi connectivity index (χ0) is 15.3. The maximum atomic E-state index is 5.82. The maximum Gasteiger partial charge on any atom is 0.175 e. The Labute approximate surface area is 128 Å². The lowest BCUT2D eigenvalue weighted by molar-refractivity contribution is 0.154. The lowest BCUT2D eigenvalue weighted by atomic mass is 10.4. The molecule has 0 aliphatic heterocycles. The fourth-order valence-corrected chi connectivity index (χ4v) is 7.53. The van der Waals surface area contributed by atoms with Gasteiger partial charge in [-0.15, -0.1) is 0 Å². The molecule has 0 N–H and O–H groups in total. The molecule has 0 aromatic heterocycles. The second-order valence-corrected chi connectivity index (χ2v) is 9.16. The minimum absolute atomic E-state index is 0.0947. The van der Waals surface area contributed by atoms with E-state index in [-0.39, 0.29) is 11.7 Å². The van der Waals surface area contributed by atoms with Crippen LogP contribution in [0.5, 0.6) is 0 Å². The molecule has 0 saturated carbocycles. The van der Waals surface area contributed by atoms with Gasteiger partial charge in [0.1, 0.15) is 17.9 Å². The Bertz CT molecular complexity index is 490. The lowest BCUT2D eigenvalue weighted by Gasteiger charge is -2.35. The third kappa shape index (κ3) is 2.89. The molecule has 0 aliphatic rings. The van der Waals surface area contributed by atoms with E-state index < -0.39 is 7.26 Å². The van der Waals surface area contributed by atoms with E-state index >= 15 is 0 Å². The standard InChI is InChI=1S/C18H24O2P/c1-15(19-3)21(16(2)20-4,17-11-7-5-8-12-17)18-13-9-6-10-14-18/h5-16H,1-4H3/q+1. The van der Waals surface area contributed by atoms with Crippen molar-refractivity contribution in [3.8, 4) is 0 Å². The summed E-state index contributed by atoms with van der Waals surface area (Å²) in [4.78, 5) is 0. The van der Waals surface area contributed by atoms with Crippen LogP contribution in [0.3, 0.4) is 0 Å². The summed E-state index contributed by atoms with van der Waals surface area (Å²) in [5.41, 5.74) is 0. The van der Waals surface area contributed by atoms with Crippen LogP contribution in [0.2, 0.25) is 0 Å². The fourth-order valence-electron chi connectivity index (χ4n) is 2.97. The zero-order valence-electron chi connectivity index (χ0n) is 13.2. The van der Waals surface area contributed by atoms with E-state index in [2.05, 4.69) is 74.5 Å². The highest BCUT2D eigenvalue weighted by atomic mass is 31.2. The average Bonchev–Trinajstić information content (AvgIpc) is 2.57. The first-order chi connectivity index (χ1) is 10.2. The number of benzene rings is 2. The quantitative estimate of drug-likeness (QED) is 0.759. The van der Waals surface area contributed by atoms with Crippen molar-refractivity contribution in [2.75, 3.05) is 14.2 Å². The molecule has 2 rings (SSSR count). The molecule has 3 heteroatoms. The van der Waals surface area contributed by atoms with Gasteiger partial charge < -0.3 is 9.47 Å². The van der Waals surface area contributed by atoms with Crippen LogP contribution in [0, 0.1) is 0 Å². The molecule has 0 fully saturated rings. The first-order valence-corrected chi connectivity index (χ1v) is 9.15. The molecule has 0 amide bonds. The molecule has 112 valence electrons. The minimum Gasteiger partial charge on any atom is -0.346 e. The van der Waals surface area contributed by atoms with Crippen LogP contribution < -0.4 is 10.6 Å². The molecular formula is C18H24O2P+. The minimum atomic E-state index is -1.83. The van der Waals surface area contributed by atoms with Gasteiger partial charge in [0, 0.05) is 14.2 Å². The van der Waals surface area contributed by atoms with Crippen LogP contribution in [0.25, 0.3) is 0 Å². The van der Waals surface area contributed by atoms with Crippen molar-refractivity contribution in [3.63, 3.8) is 0 Å². The summed E-state index contributed by atoms with van der Waals surface area (Å²) in [6.45, 7) is 4.31.